The Morgan fingerprint density at radius 3 is 2.63 bits per heavy atom. The van der Waals surface area contributed by atoms with E-state index in [0.717, 1.165) is 6.42 Å². The maximum absolute atomic E-state index is 11.6. The molecule has 0 radical (unpaired) electrons. The fourth-order valence-corrected chi connectivity index (χ4v) is 2.58. The normalized spacial score (nSPS) is 11.1. The number of carbonyl (C=O) groups is 1. The highest BCUT2D eigenvalue weighted by Gasteiger charge is 2.17. The molecule has 0 saturated carbocycles. The molecular formula is C12H16ClNO4S. The Morgan fingerprint density at radius 1 is 1.42 bits per heavy atom. The first-order valence-corrected chi connectivity index (χ1v) is 8.07. The number of rotatable bonds is 6. The van der Waals surface area contributed by atoms with Crippen LogP contribution >= 0.6 is 10.7 Å². The fourth-order valence-electron chi connectivity index (χ4n) is 1.53. The molecule has 0 fully saturated rings. The van der Waals surface area contributed by atoms with Crippen LogP contribution in [0.1, 0.15) is 18.9 Å². The van der Waals surface area contributed by atoms with E-state index < -0.39 is 9.05 Å². The molecule has 0 aromatic heterocycles. The molecule has 1 N–H and O–H groups in total. The highest BCUT2D eigenvalue weighted by Crippen LogP contribution is 2.27. The molecule has 1 rings (SSSR count). The van der Waals surface area contributed by atoms with Gasteiger partial charge in [-0.25, -0.2) is 8.42 Å². The van der Waals surface area contributed by atoms with Gasteiger partial charge in [-0.15, -0.1) is 0 Å². The van der Waals surface area contributed by atoms with Crippen LogP contribution in [0.3, 0.4) is 0 Å². The van der Waals surface area contributed by atoms with Crippen molar-refractivity contribution in [3.63, 3.8) is 0 Å². The first-order valence-electron chi connectivity index (χ1n) is 5.76. The van der Waals surface area contributed by atoms with E-state index in [1.165, 1.54) is 19.2 Å². The van der Waals surface area contributed by atoms with Crippen LogP contribution in [0.25, 0.3) is 0 Å². The van der Waals surface area contributed by atoms with Crippen LogP contribution in [0.5, 0.6) is 5.75 Å². The number of hydrogen-bond acceptors (Lipinski definition) is 4. The molecule has 19 heavy (non-hydrogen) atoms. The average molecular weight is 306 g/mol. The minimum atomic E-state index is -3.91. The smallest absolute Gasteiger partial charge is 0.264 e. The van der Waals surface area contributed by atoms with Crippen LogP contribution in [0.4, 0.5) is 0 Å². The van der Waals surface area contributed by atoms with Gasteiger partial charge in [-0.3, -0.25) is 4.79 Å². The van der Waals surface area contributed by atoms with Crippen molar-refractivity contribution in [3.8, 4) is 5.75 Å². The molecule has 1 aromatic rings. The van der Waals surface area contributed by atoms with Gasteiger partial charge in [0.1, 0.15) is 10.6 Å². The van der Waals surface area contributed by atoms with E-state index in [9.17, 15) is 13.2 Å². The number of hydrogen-bond donors (Lipinski definition) is 1. The van der Waals surface area contributed by atoms with Crippen LogP contribution in [0, 0.1) is 0 Å². The Hall–Kier alpha value is -1.27. The summed E-state index contributed by atoms with van der Waals surface area (Å²) < 4.78 is 27.7. The summed E-state index contributed by atoms with van der Waals surface area (Å²) in [6.07, 6.45) is 0.944. The molecule has 0 aliphatic carbocycles. The molecule has 106 valence electrons. The van der Waals surface area contributed by atoms with E-state index in [0.29, 0.717) is 12.1 Å². The van der Waals surface area contributed by atoms with Crippen LogP contribution in [-0.2, 0) is 20.3 Å². The van der Waals surface area contributed by atoms with E-state index in [1.54, 1.807) is 6.07 Å². The molecule has 1 aromatic carbocycles. The highest BCUT2D eigenvalue weighted by molar-refractivity contribution is 8.13. The molecule has 0 spiro atoms. The zero-order chi connectivity index (χ0) is 14.5. The standard InChI is InChI=1S/C12H16ClNO4S/c1-3-6-14-12(15)8-9-4-5-10(18-2)11(7-9)19(13,16)17/h4-5,7H,3,6,8H2,1-2H3,(H,14,15). The predicted molar refractivity (Wildman–Crippen MR) is 73.0 cm³/mol. The molecule has 0 bridgehead atoms. The zero-order valence-corrected chi connectivity index (χ0v) is 12.3. The molecule has 0 aliphatic rings. The summed E-state index contributed by atoms with van der Waals surface area (Å²) in [6, 6.07) is 4.47. The molecule has 0 saturated heterocycles. The Kier molecular flexibility index (Phi) is 5.62. The summed E-state index contributed by atoms with van der Waals surface area (Å²) in [7, 11) is 2.78. The van der Waals surface area contributed by atoms with Crippen molar-refractivity contribution < 1.29 is 17.9 Å². The number of ether oxygens (including phenoxy) is 1. The summed E-state index contributed by atoms with van der Waals surface area (Å²) in [4.78, 5) is 11.4. The minimum absolute atomic E-state index is 0.101. The van der Waals surface area contributed by atoms with E-state index in [-0.39, 0.29) is 23.0 Å². The van der Waals surface area contributed by atoms with E-state index in [1.807, 2.05) is 6.92 Å². The molecule has 7 heteroatoms. The van der Waals surface area contributed by atoms with E-state index in [2.05, 4.69) is 5.32 Å². The molecule has 0 aliphatic heterocycles. The number of nitrogens with one attached hydrogen (secondary N) is 1. The SMILES string of the molecule is CCCNC(=O)Cc1ccc(OC)c(S(=O)(=O)Cl)c1. The van der Waals surface area contributed by atoms with Gasteiger partial charge in [-0.1, -0.05) is 13.0 Å². The lowest BCUT2D eigenvalue weighted by Crippen LogP contribution is -2.25. The Balaban J connectivity index is 2.96. The molecule has 1 amide bonds. The van der Waals surface area contributed by atoms with E-state index >= 15 is 0 Å². The number of amides is 1. The quantitative estimate of drug-likeness (QED) is 0.812. The van der Waals surface area contributed by atoms with Crippen LogP contribution in [0.2, 0.25) is 0 Å². The first kappa shape index (κ1) is 15.8. The van der Waals surface area contributed by atoms with Gasteiger partial charge < -0.3 is 10.1 Å². The lowest BCUT2D eigenvalue weighted by Gasteiger charge is -2.08. The third kappa shape index (κ3) is 4.72. The Bertz CT molecular complexity index is 557. The maximum atomic E-state index is 11.6. The summed E-state index contributed by atoms with van der Waals surface area (Å²) in [5.41, 5.74) is 0.564. The maximum Gasteiger partial charge on any atom is 0.264 e. The van der Waals surface area contributed by atoms with Crippen molar-refractivity contribution in [2.75, 3.05) is 13.7 Å². The first-order chi connectivity index (χ1) is 8.88. The molecule has 0 heterocycles. The summed E-state index contributed by atoms with van der Waals surface area (Å²) in [6.45, 7) is 2.54. The number of benzene rings is 1. The van der Waals surface area contributed by atoms with Crippen molar-refractivity contribution in [2.45, 2.75) is 24.7 Å². The van der Waals surface area contributed by atoms with Crippen molar-refractivity contribution >= 4 is 25.6 Å². The molecular weight excluding hydrogens is 290 g/mol. The lowest BCUT2D eigenvalue weighted by molar-refractivity contribution is -0.120. The summed E-state index contributed by atoms with van der Waals surface area (Å²) in [5, 5.41) is 2.71. The van der Waals surface area contributed by atoms with Crippen molar-refractivity contribution in [1.82, 2.24) is 5.32 Å². The Morgan fingerprint density at radius 2 is 2.11 bits per heavy atom. The molecule has 0 atom stereocenters. The van der Waals surface area contributed by atoms with Gasteiger partial charge in [0.05, 0.1) is 13.5 Å². The second-order valence-corrected chi connectivity index (χ2v) is 6.48. The fraction of sp³-hybridized carbons (Fsp3) is 0.417. The number of carbonyl (C=O) groups excluding carboxylic acids is 1. The van der Waals surface area contributed by atoms with Gasteiger partial charge in [0, 0.05) is 17.2 Å². The van der Waals surface area contributed by atoms with Gasteiger partial charge in [0.2, 0.25) is 5.91 Å². The third-order valence-electron chi connectivity index (χ3n) is 2.43. The van der Waals surface area contributed by atoms with Crippen molar-refractivity contribution in [2.24, 2.45) is 0 Å². The van der Waals surface area contributed by atoms with Gasteiger partial charge in [-0.05, 0) is 24.1 Å². The van der Waals surface area contributed by atoms with Crippen LogP contribution in [-0.4, -0.2) is 28.0 Å². The van der Waals surface area contributed by atoms with E-state index in [4.69, 9.17) is 15.4 Å². The van der Waals surface area contributed by atoms with Gasteiger partial charge in [-0.2, -0.15) is 0 Å². The second kappa shape index (κ2) is 6.77. The third-order valence-corrected chi connectivity index (χ3v) is 3.77. The summed E-state index contributed by atoms with van der Waals surface area (Å²) >= 11 is 0. The predicted octanol–water partition coefficient (Wildman–Crippen LogP) is 1.69. The topological polar surface area (TPSA) is 72.5 Å². The van der Waals surface area contributed by atoms with Crippen LogP contribution in [0.15, 0.2) is 23.1 Å². The molecule has 5 nitrogen and oxygen atoms in total. The van der Waals surface area contributed by atoms with Gasteiger partial charge in [0.25, 0.3) is 9.05 Å². The minimum Gasteiger partial charge on any atom is -0.495 e. The highest BCUT2D eigenvalue weighted by atomic mass is 35.7. The molecule has 0 unspecified atom stereocenters. The van der Waals surface area contributed by atoms with Crippen LogP contribution < -0.4 is 10.1 Å². The van der Waals surface area contributed by atoms with Crippen molar-refractivity contribution in [1.29, 1.82) is 0 Å². The second-order valence-electron chi connectivity index (χ2n) is 3.95. The van der Waals surface area contributed by atoms with Crippen molar-refractivity contribution in [3.05, 3.63) is 23.8 Å². The summed E-state index contributed by atoms with van der Waals surface area (Å²) in [5.74, 6) is -0.00217. The lowest BCUT2D eigenvalue weighted by atomic mass is 10.1. The van der Waals surface area contributed by atoms with Gasteiger partial charge in [0.15, 0.2) is 0 Å². The average Bonchev–Trinajstić information content (AvgIpc) is 2.35. The monoisotopic (exact) mass is 305 g/mol. The number of methoxy groups -OCH3 is 1. The van der Waals surface area contributed by atoms with Gasteiger partial charge >= 0.3 is 0 Å². The zero-order valence-electron chi connectivity index (χ0n) is 10.8. The Labute approximate surface area is 117 Å². The largest absolute Gasteiger partial charge is 0.495 e. The number of halogens is 1.